The average molecular weight is 525 g/mol. The molecule has 1 atom stereocenters. The topological polar surface area (TPSA) is 93.0 Å². The molecule has 0 radical (unpaired) electrons. The van der Waals surface area contributed by atoms with E-state index < -0.39 is 29.2 Å². The minimum absolute atomic E-state index is 0.00680. The SMILES string of the molecule is CCC(C)(C)NC(=O)[C@@H](c1ccc2ncccc2c1)N(C(=O)Cn1nnc2ccccc21)c1ccccc1F. The molecule has 0 saturated carbocycles. The number of para-hydroxylation sites is 2. The number of halogens is 1. The zero-order valence-electron chi connectivity index (χ0n) is 22.0. The number of pyridine rings is 1. The standard InChI is InChI=1S/C30H29FN6O2/c1-4-30(2,3)33-29(39)28(21-15-16-23-20(18-21)10-9-17-32-23)37(25-13-7-5-11-22(25)31)27(38)19-36-26-14-8-6-12-24(26)34-35-36/h5-18,28H,4,19H2,1-3H3,(H,33,39)/t28-/m1/s1. The Morgan fingerprint density at radius 1 is 1.00 bits per heavy atom. The number of fused-ring (bicyclic) bond motifs is 2. The first kappa shape index (κ1) is 26.0. The van der Waals surface area contributed by atoms with Crippen molar-refractivity contribution in [1.82, 2.24) is 25.3 Å². The monoisotopic (exact) mass is 524 g/mol. The molecule has 2 heterocycles. The molecule has 198 valence electrons. The number of anilines is 1. The van der Waals surface area contributed by atoms with E-state index in [4.69, 9.17) is 0 Å². The molecule has 9 heteroatoms. The summed E-state index contributed by atoms with van der Waals surface area (Å²) in [4.78, 5) is 33.7. The summed E-state index contributed by atoms with van der Waals surface area (Å²) in [6.45, 7) is 5.53. The molecule has 5 rings (SSSR count). The van der Waals surface area contributed by atoms with Crippen molar-refractivity contribution in [2.75, 3.05) is 4.90 Å². The van der Waals surface area contributed by atoms with Gasteiger partial charge in [-0.25, -0.2) is 9.07 Å². The van der Waals surface area contributed by atoms with Crippen molar-refractivity contribution in [3.05, 3.63) is 96.4 Å². The predicted molar refractivity (Wildman–Crippen MR) is 148 cm³/mol. The molecule has 2 aromatic heterocycles. The van der Waals surface area contributed by atoms with Crippen LogP contribution in [0.5, 0.6) is 0 Å². The van der Waals surface area contributed by atoms with Crippen LogP contribution in [0.15, 0.2) is 85.1 Å². The number of rotatable bonds is 8. The van der Waals surface area contributed by atoms with Crippen LogP contribution >= 0.6 is 0 Å². The Hall–Kier alpha value is -4.66. The van der Waals surface area contributed by atoms with E-state index in [1.807, 2.05) is 45.0 Å². The quantitative estimate of drug-likeness (QED) is 0.301. The number of carbonyl (C=O) groups is 2. The number of nitrogens with one attached hydrogen (secondary N) is 1. The van der Waals surface area contributed by atoms with Crippen LogP contribution in [-0.2, 0) is 16.1 Å². The lowest BCUT2D eigenvalue weighted by Crippen LogP contribution is -2.51. The molecule has 0 aliphatic heterocycles. The highest BCUT2D eigenvalue weighted by atomic mass is 19.1. The van der Waals surface area contributed by atoms with E-state index in [0.29, 0.717) is 23.0 Å². The van der Waals surface area contributed by atoms with E-state index in [0.717, 1.165) is 10.9 Å². The first-order chi connectivity index (χ1) is 18.8. The molecule has 5 aromatic rings. The molecule has 8 nitrogen and oxygen atoms in total. The van der Waals surface area contributed by atoms with Gasteiger partial charge >= 0.3 is 0 Å². The zero-order chi connectivity index (χ0) is 27.6. The first-order valence-electron chi connectivity index (χ1n) is 12.8. The van der Waals surface area contributed by atoms with E-state index in [-0.39, 0.29) is 12.2 Å². The minimum Gasteiger partial charge on any atom is -0.349 e. The largest absolute Gasteiger partial charge is 0.349 e. The van der Waals surface area contributed by atoms with Crippen molar-refractivity contribution in [2.45, 2.75) is 45.3 Å². The van der Waals surface area contributed by atoms with E-state index in [2.05, 4.69) is 20.6 Å². The van der Waals surface area contributed by atoms with Crippen molar-refractivity contribution in [3.63, 3.8) is 0 Å². The second kappa shape index (κ2) is 10.6. The molecular weight excluding hydrogens is 495 g/mol. The van der Waals surface area contributed by atoms with Crippen LogP contribution in [0.1, 0.15) is 38.8 Å². The number of aromatic nitrogens is 4. The number of hydrogen-bond donors (Lipinski definition) is 1. The van der Waals surface area contributed by atoms with Gasteiger partial charge in [0.15, 0.2) is 0 Å². The van der Waals surface area contributed by atoms with Gasteiger partial charge in [-0.1, -0.05) is 48.5 Å². The lowest BCUT2D eigenvalue weighted by atomic mass is 9.97. The fourth-order valence-electron chi connectivity index (χ4n) is 4.48. The fourth-order valence-corrected chi connectivity index (χ4v) is 4.48. The normalized spacial score (nSPS) is 12.4. The molecule has 39 heavy (non-hydrogen) atoms. The molecule has 0 spiro atoms. The number of carbonyl (C=O) groups excluding carboxylic acids is 2. The number of nitrogens with zero attached hydrogens (tertiary/aromatic N) is 5. The molecule has 1 N–H and O–H groups in total. The third-order valence-corrected chi connectivity index (χ3v) is 6.88. The summed E-state index contributed by atoms with van der Waals surface area (Å²) in [5.74, 6) is -1.56. The van der Waals surface area contributed by atoms with Crippen molar-refractivity contribution >= 4 is 39.4 Å². The van der Waals surface area contributed by atoms with Crippen LogP contribution in [0.2, 0.25) is 0 Å². The molecule has 0 unspecified atom stereocenters. The molecule has 0 saturated heterocycles. The summed E-state index contributed by atoms with van der Waals surface area (Å²) in [7, 11) is 0. The lowest BCUT2D eigenvalue weighted by Gasteiger charge is -2.34. The van der Waals surface area contributed by atoms with Crippen LogP contribution in [0.4, 0.5) is 10.1 Å². The first-order valence-corrected chi connectivity index (χ1v) is 12.8. The Bertz CT molecular complexity index is 1660. The van der Waals surface area contributed by atoms with E-state index >= 15 is 4.39 Å². The minimum atomic E-state index is -1.17. The number of benzene rings is 3. The molecule has 3 aromatic carbocycles. The van der Waals surface area contributed by atoms with Gasteiger partial charge in [-0.3, -0.25) is 19.5 Å². The van der Waals surface area contributed by atoms with Crippen LogP contribution in [0, 0.1) is 5.82 Å². The molecule has 2 amide bonds. The Balaban J connectivity index is 1.66. The lowest BCUT2D eigenvalue weighted by molar-refractivity contribution is -0.128. The van der Waals surface area contributed by atoms with Gasteiger partial charge in [-0.05, 0) is 68.3 Å². The van der Waals surface area contributed by atoms with Gasteiger partial charge in [0.25, 0.3) is 0 Å². The van der Waals surface area contributed by atoms with Crippen LogP contribution < -0.4 is 10.2 Å². The molecular formula is C30H29FN6O2. The van der Waals surface area contributed by atoms with E-state index in [9.17, 15) is 9.59 Å². The van der Waals surface area contributed by atoms with Gasteiger partial charge in [0, 0.05) is 17.1 Å². The Labute approximate surface area is 225 Å². The highest BCUT2D eigenvalue weighted by Crippen LogP contribution is 2.32. The van der Waals surface area contributed by atoms with Crippen molar-refractivity contribution in [2.24, 2.45) is 0 Å². The summed E-state index contributed by atoms with van der Waals surface area (Å²) >= 11 is 0. The highest BCUT2D eigenvalue weighted by Gasteiger charge is 2.36. The van der Waals surface area contributed by atoms with Gasteiger partial charge in [0.1, 0.15) is 23.9 Å². The maximum Gasteiger partial charge on any atom is 0.249 e. The van der Waals surface area contributed by atoms with E-state index in [1.54, 1.807) is 48.7 Å². The number of hydrogen-bond acceptors (Lipinski definition) is 5. The summed E-state index contributed by atoms with van der Waals surface area (Å²) in [6.07, 6.45) is 2.35. The molecule has 0 aliphatic rings. The van der Waals surface area contributed by atoms with Gasteiger partial charge in [0.05, 0.1) is 16.7 Å². The van der Waals surface area contributed by atoms with Crippen LogP contribution in [0.25, 0.3) is 21.9 Å². The Kier molecular flexibility index (Phi) is 7.06. The highest BCUT2D eigenvalue weighted by molar-refractivity contribution is 6.02. The Morgan fingerprint density at radius 3 is 2.56 bits per heavy atom. The van der Waals surface area contributed by atoms with Crippen molar-refractivity contribution in [1.29, 1.82) is 0 Å². The van der Waals surface area contributed by atoms with Crippen LogP contribution in [-0.4, -0.2) is 37.3 Å². The summed E-state index contributed by atoms with van der Waals surface area (Å²) < 4.78 is 16.8. The molecule has 0 bridgehead atoms. The maximum absolute atomic E-state index is 15.4. The van der Waals surface area contributed by atoms with Gasteiger partial charge in [-0.2, -0.15) is 0 Å². The Morgan fingerprint density at radius 2 is 1.77 bits per heavy atom. The molecule has 0 fully saturated rings. The van der Waals surface area contributed by atoms with Gasteiger partial charge < -0.3 is 5.32 Å². The average Bonchev–Trinajstić information content (AvgIpc) is 3.34. The third kappa shape index (κ3) is 5.34. The van der Waals surface area contributed by atoms with Gasteiger partial charge in [0.2, 0.25) is 11.8 Å². The van der Waals surface area contributed by atoms with Gasteiger partial charge in [-0.15, -0.1) is 5.10 Å². The predicted octanol–water partition coefficient (Wildman–Crippen LogP) is 5.20. The second-order valence-corrected chi connectivity index (χ2v) is 10.0. The summed E-state index contributed by atoms with van der Waals surface area (Å²) in [6, 6.07) is 21.1. The molecule has 0 aliphatic carbocycles. The second-order valence-electron chi connectivity index (χ2n) is 10.0. The zero-order valence-corrected chi connectivity index (χ0v) is 22.0. The fraction of sp³-hybridized carbons (Fsp3) is 0.233. The van der Waals surface area contributed by atoms with Crippen LogP contribution in [0.3, 0.4) is 0 Å². The summed E-state index contributed by atoms with van der Waals surface area (Å²) in [5.41, 5.74) is 1.99. The smallest absolute Gasteiger partial charge is 0.249 e. The van der Waals surface area contributed by atoms with Crippen molar-refractivity contribution < 1.29 is 14.0 Å². The maximum atomic E-state index is 15.4. The number of amides is 2. The summed E-state index contributed by atoms with van der Waals surface area (Å²) in [5, 5.41) is 12.1. The van der Waals surface area contributed by atoms with Crippen molar-refractivity contribution in [3.8, 4) is 0 Å². The third-order valence-electron chi connectivity index (χ3n) is 6.88. The van der Waals surface area contributed by atoms with E-state index in [1.165, 1.54) is 21.7 Å².